The van der Waals surface area contributed by atoms with E-state index in [1.165, 1.54) is 16.0 Å². The molecule has 0 spiro atoms. The smallest absolute Gasteiger partial charge is 0.294 e. The molecular formula is C44H36N2O2S. The molecule has 7 rings (SSSR count). The Kier molecular flexibility index (Phi) is 9.38. The fraction of sp³-hybridized carbons (Fsp3) is 0.0909. The molecule has 6 aromatic rings. The van der Waals surface area contributed by atoms with Gasteiger partial charge >= 0.3 is 0 Å². The fourth-order valence-corrected chi connectivity index (χ4v) is 7.61. The van der Waals surface area contributed by atoms with Gasteiger partial charge in [0.1, 0.15) is 5.54 Å². The van der Waals surface area contributed by atoms with Crippen LogP contribution in [0.4, 0.5) is 4.79 Å². The Morgan fingerprint density at radius 1 is 0.551 bits per heavy atom. The van der Waals surface area contributed by atoms with Gasteiger partial charge in [0.25, 0.3) is 11.1 Å². The number of hydrogen-bond acceptors (Lipinski definition) is 4. The lowest BCUT2D eigenvalue weighted by atomic mass is 9.75. The summed E-state index contributed by atoms with van der Waals surface area (Å²) in [5.74, 6) is -0.323. The van der Waals surface area contributed by atoms with Crippen molar-refractivity contribution >= 4 is 29.0 Å². The van der Waals surface area contributed by atoms with Crippen molar-refractivity contribution in [1.82, 2.24) is 10.2 Å². The second-order valence-corrected chi connectivity index (χ2v) is 13.1. The quantitative estimate of drug-likeness (QED) is 0.118. The average molecular weight is 657 g/mol. The Bertz CT molecular complexity index is 1950. The zero-order chi connectivity index (χ0) is 33.6. The van der Waals surface area contributed by atoms with E-state index in [0.29, 0.717) is 4.91 Å². The average Bonchev–Trinajstić information content (AvgIpc) is 3.45. The Morgan fingerprint density at radius 3 is 1.43 bits per heavy atom. The van der Waals surface area contributed by atoms with Crippen molar-refractivity contribution < 1.29 is 9.59 Å². The molecule has 1 fully saturated rings. The molecule has 1 aliphatic rings. The lowest BCUT2D eigenvalue weighted by molar-refractivity contribution is -0.125. The van der Waals surface area contributed by atoms with Gasteiger partial charge in [0, 0.05) is 6.04 Å². The number of hydrogen-bond donors (Lipinski definition) is 1. The summed E-state index contributed by atoms with van der Waals surface area (Å²) >= 11 is 0.987. The third-order valence-corrected chi connectivity index (χ3v) is 9.99. The normalized spacial score (nSPS) is 15.4. The topological polar surface area (TPSA) is 49.4 Å². The standard InChI is InChI=1S/C44H36N2O2S/c1-32(34-17-7-2-8-18-34)45-41(35-19-9-3-10-20-35)36-29-27-33(28-30-36)31-40-42(47)46(43(48)49-40)44(37-21-11-4-12-22-37,38-23-13-5-14-24-38)39-25-15-6-16-26-39/h2-32,41,45H,1H3/t32-,41?/m1/s1. The molecule has 4 nitrogen and oxygen atoms in total. The molecule has 0 saturated carbocycles. The van der Waals surface area contributed by atoms with Crippen molar-refractivity contribution in [3.05, 3.63) is 220 Å². The van der Waals surface area contributed by atoms with Crippen LogP contribution in [-0.4, -0.2) is 16.0 Å². The van der Waals surface area contributed by atoms with E-state index in [1.807, 2.05) is 121 Å². The van der Waals surface area contributed by atoms with Crippen molar-refractivity contribution in [2.24, 2.45) is 0 Å². The molecule has 0 aromatic heterocycles. The van der Waals surface area contributed by atoms with E-state index in [-0.39, 0.29) is 23.2 Å². The molecule has 2 amide bonds. The molecule has 1 heterocycles. The molecule has 1 N–H and O–H groups in total. The third kappa shape index (κ3) is 6.39. The Hall–Kier alpha value is -5.49. The van der Waals surface area contributed by atoms with Crippen LogP contribution >= 0.6 is 11.8 Å². The molecule has 1 unspecified atom stereocenters. The van der Waals surface area contributed by atoms with E-state index in [2.05, 4.69) is 72.9 Å². The monoisotopic (exact) mass is 656 g/mol. The van der Waals surface area contributed by atoms with Gasteiger partial charge in [0.05, 0.1) is 10.9 Å². The minimum Gasteiger partial charge on any atom is -0.300 e. The van der Waals surface area contributed by atoms with Crippen molar-refractivity contribution in [3.63, 3.8) is 0 Å². The molecule has 49 heavy (non-hydrogen) atoms. The molecular weight excluding hydrogens is 621 g/mol. The Labute approximate surface area is 292 Å². The van der Waals surface area contributed by atoms with Crippen LogP contribution in [0.25, 0.3) is 6.08 Å². The van der Waals surface area contributed by atoms with E-state index in [0.717, 1.165) is 39.6 Å². The number of nitrogens with zero attached hydrogens (tertiary/aromatic N) is 1. The van der Waals surface area contributed by atoms with Crippen LogP contribution in [0.15, 0.2) is 181 Å². The summed E-state index contributed by atoms with van der Waals surface area (Å²) in [6.07, 6.45) is 1.83. The maximum Gasteiger partial charge on any atom is 0.294 e. The van der Waals surface area contributed by atoms with Gasteiger partial charge in [-0.05, 0) is 63.7 Å². The number of carbonyl (C=O) groups excluding carboxylic acids is 2. The van der Waals surface area contributed by atoms with E-state index in [4.69, 9.17) is 0 Å². The molecule has 240 valence electrons. The van der Waals surface area contributed by atoms with Crippen molar-refractivity contribution in [2.75, 3.05) is 0 Å². The van der Waals surface area contributed by atoms with Gasteiger partial charge in [0.15, 0.2) is 0 Å². The number of thioether (sulfide) groups is 1. The van der Waals surface area contributed by atoms with E-state index in [1.54, 1.807) is 0 Å². The number of rotatable bonds is 10. The van der Waals surface area contributed by atoms with Crippen LogP contribution in [-0.2, 0) is 10.3 Å². The SMILES string of the molecule is C[C@@H](NC(c1ccccc1)c1ccc(C=C2SC(=O)N(C(c3ccccc3)(c3ccccc3)c3ccccc3)C2=O)cc1)c1ccccc1. The zero-order valence-electron chi connectivity index (χ0n) is 27.1. The minimum absolute atomic E-state index is 0.0408. The highest BCUT2D eigenvalue weighted by Crippen LogP contribution is 2.48. The van der Waals surface area contributed by atoms with Crippen LogP contribution in [0.5, 0.6) is 0 Å². The van der Waals surface area contributed by atoms with Gasteiger partial charge in [0.2, 0.25) is 0 Å². The lowest BCUT2D eigenvalue weighted by Crippen LogP contribution is -2.50. The predicted octanol–water partition coefficient (Wildman–Crippen LogP) is 10.2. The van der Waals surface area contributed by atoms with Gasteiger partial charge in [-0.15, -0.1) is 0 Å². The molecule has 6 aromatic carbocycles. The second-order valence-electron chi connectivity index (χ2n) is 12.1. The highest BCUT2D eigenvalue weighted by atomic mass is 32.2. The molecule has 2 atom stereocenters. The van der Waals surface area contributed by atoms with E-state index in [9.17, 15) is 9.59 Å². The van der Waals surface area contributed by atoms with Crippen LogP contribution < -0.4 is 5.32 Å². The first-order chi connectivity index (χ1) is 24.1. The molecule has 1 saturated heterocycles. The van der Waals surface area contributed by atoms with Crippen molar-refractivity contribution in [1.29, 1.82) is 0 Å². The van der Waals surface area contributed by atoms with Crippen LogP contribution in [0, 0.1) is 0 Å². The third-order valence-electron chi connectivity index (χ3n) is 9.12. The first-order valence-electron chi connectivity index (χ1n) is 16.5. The van der Waals surface area contributed by atoms with Gasteiger partial charge in [-0.25, -0.2) is 4.90 Å². The van der Waals surface area contributed by atoms with E-state index >= 15 is 0 Å². The van der Waals surface area contributed by atoms with Crippen molar-refractivity contribution in [2.45, 2.75) is 24.5 Å². The number of carbonyl (C=O) groups is 2. The Balaban J connectivity index is 1.24. The summed E-state index contributed by atoms with van der Waals surface area (Å²) in [6, 6.07) is 58.6. The van der Waals surface area contributed by atoms with Crippen LogP contribution in [0.3, 0.4) is 0 Å². The van der Waals surface area contributed by atoms with Crippen LogP contribution in [0.2, 0.25) is 0 Å². The first-order valence-corrected chi connectivity index (χ1v) is 17.3. The summed E-state index contributed by atoms with van der Waals surface area (Å²) in [6.45, 7) is 2.18. The summed E-state index contributed by atoms with van der Waals surface area (Å²) in [4.78, 5) is 30.4. The van der Waals surface area contributed by atoms with Crippen LogP contribution in [0.1, 0.15) is 58.0 Å². The second kappa shape index (κ2) is 14.3. The molecule has 0 aliphatic carbocycles. The fourth-order valence-electron chi connectivity index (χ4n) is 6.74. The minimum atomic E-state index is -1.16. The first kappa shape index (κ1) is 32.1. The molecule has 1 aliphatic heterocycles. The molecule has 5 heteroatoms. The maximum absolute atomic E-state index is 14.5. The highest BCUT2D eigenvalue weighted by molar-refractivity contribution is 8.18. The lowest BCUT2D eigenvalue weighted by Gasteiger charge is -2.41. The predicted molar refractivity (Wildman–Crippen MR) is 200 cm³/mol. The number of imide groups is 1. The number of amides is 2. The maximum atomic E-state index is 14.5. The molecule has 0 bridgehead atoms. The highest BCUT2D eigenvalue weighted by Gasteiger charge is 2.52. The summed E-state index contributed by atoms with van der Waals surface area (Å²) in [7, 11) is 0. The number of nitrogens with one attached hydrogen (secondary N) is 1. The van der Waals surface area contributed by atoms with Gasteiger partial charge < -0.3 is 0 Å². The van der Waals surface area contributed by atoms with E-state index < -0.39 is 5.54 Å². The summed E-state index contributed by atoms with van der Waals surface area (Å²) in [5.41, 5.74) is 5.69. The summed E-state index contributed by atoms with van der Waals surface area (Å²) < 4.78 is 0. The zero-order valence-corrected chi connectivity index (χ0v) is 28.0. The largest absolute Gasteiger partial charge is 0.300 e. The van der Waals surface area contributed by atoms with Crippen molar-refractivity contribution in [3.8, 4) is 0 Å². The number of benzene rings is 6. The molecule has 0 radical (unpaired) electrons. The summed E-state index contributed by atoms with van der Waals surface area (Å²) in [5, 5.41) is 3.50. The van der Waals surface area contributed by atoms with Gasteiger partial charge in [-0.2, -0.15) is 0 Å². The van der Waals surface area contributed by atoms with Gasteiger partial charge in [-0.1, -0.05) is 176 Å². The Morgan fingerprint density at radius 2 is 0.959 bits per heavy atom. The van der Waals surface area contributed by atoms with Gasteiger partial charge in [-0.3, -0.25) is 14.9 Å².